The third-order valence-electron chi connectivity index (χ3n) is 3.37. The molecule has 0 aliphatic heterocycles. The highest BCUT2D eigenvalue weighted by molar-refractivity contribution is 5.69. The Kier molecular flexibility index (Phi) is 7.95. The normalized spacial score (nSPS) is 10.0. The lowest BCUT2D eigenvalue weighted by Gasteiger charge is -2.08. The molecule has 0 spiro atoms. The summed E-state index contributed by atoms with van der Waals surface area (Å²) in [7, 11) is 0. The molecule has 2 aromatic rings. The number of esters is 1. The summed E-state index contributed by atoms with van der Waals surface area (Å²) in [4.78, 5) is 15.7. The summed E-state index contributed by atoms with van der Waals surface area (Å²) in [6.07, 6.45) is 2.55. The van der Waals surface area contributed by atoms with Gasteiger partial charge in [0.15, 0.2) is 0 Å². The van der Waals surface area contributed by atoms with Crippen molar-refractivity contribution in [2.24, 2.45) is 0 Å². The van der Waals surface area contributed by atoms with Crippen molar-refractivity contribution in [1.29, 1.82) is 5.26 Å². The number of anilines is 1. The third kappa shape index (κ3) is 7.02. The van der Waals surface area contributed by atoms with Crippen LogP contribution in [0.4, 0.5) is 5.82 Å². The van der Waals surface area contributed by atoms with E-state index in [1.54, 1.807) is 18.3 Å². The van der Waals surface area contributed by atoms with Gasteiger partial charge in [0.1, 0.15) is 18.5 Å². The molecule has 0 atom stereocenters. The van der Waals surface area contributed by atoms with Crippen molar-refractivity contribution in [2.45, 2.75) is 19.4 Å². The molecule has 0 bridgehead atoms. The smallest absolute Gasteiger partial charge is 0.305 e. The average Bonchev–Trinajstić information content (AvgIpc) is 2.66. The Morgan fingerprint density at radius 1 is 1.16 bits per heavy atom. The van der Waals surface area contributed by atoms with Crippen molar-refractivity contribution in [3.05, 3.63) is 59.8 Å². The number of rotatable bonds is 10. The summed E-state index contributed by atoms with van der Waals surface area (Å²) in [5.74, 6) is 0.238. The summed E-state index contributed by atoms with van der Waals surface area (Å²) >= 11 is 0. The van der Waals surface area contributed by atoms with E-state index in [0.717, 1.165) is 5.56 Å². The highest BCUT2D eigenvalue weighted by Crippen LogP contribution is 2.08. The van der Waals surface area contributed by atoms with E-state index in [2.05, 4.69) is 16.4 Å². The summed E-state index contributed by atoms with van der Waals surface area (Å²) in [5.41, 5.74) is 1.58. The van der Waals surface area contributed by atoms with Crippen molar-refractivity contribution in [2.75, 3.05) is 25.1 Å². The predicted octanol–water partition coefficient (Wildman–Crippen LogP) is 2.91. The number of pyridine rings is 1. The van der Waals surface area contributed by atoms with Gasteiger partial charge in [-0.2, -0.15) is 5.26 Å². The van der Waals surface area contributed by atoms with Crippen molar-refractivity contribution in [1.82, 2.24) is 4.98 Å². The predicted molar refractivity (Wildman–Crippen MR) is 93.7 cm³/mol. The summed E-state index contributed by atoms with van der Waals surface area (Å²) in [6.45, 7) is 1.69. The lowest BCUT2D eigenvalue weighted by atomic mass is 10.2. The molecule has 0 aliphatic carbocycles. The third-order valence-corrected chi connectivity index (χ3v) is 3.37. The van der Waals surface area contributed by atoms with Crippen molar-refractivity contribution < 1.29 is 14.3 Å². The molecule has 1 N–H and O–H groups in total. The maximum absolute atomic E-state index is 11.6. The van der Waals surface area contributed by atoms with Crippen LogP contribution in [0.15, 0.2) is 48.7 Å². The van der Waals surface area contributed by atoms with Crippen LogP contribution in [0.3, 0.4) is 0 Å². The minimum absolute atomic E-state index is 0.227. The molecule has 25 heavy (non-hydrogen) atoms. The molecule has 0 radical (unpaired) electrons. The van der Waals surface area contributed by atoms with E-state index in [1.165, 1.54) is 0 Å². The second kappa shape index (κ2) is 10.8. The molecule has 0 saturated heterocycles. The van der Waals surface area contributed by atoms with E-state index < -0.39 is 0 Å². The molecule has 0 amide bonds. The molecule has 1 aromatic carbocycles. The van der Waals surface area contributed by atoms with Gasteiger partial charge in [-0.3, -0.25) is 4.79 Å². The Labute approximate surface area is 147 Å². The van der Waals surface area contributed by atoms with Gasteiger partial charge in [-0.05, 0) is 24.1 Å². The first kappa shape index (κ1) is 18.4. The maximum Gasteiger partial charge on any atom is 0.305 e. The van der Waals surface area contributed by atoms with Crippen molar-refractivity contribution >= 4 is 11.8 Å². The minimum Gasteiger partial charge on any atom is -0.464 e. The summed E-state index contributed by atoms with van der Waals surface area (Å²) in [6, 6.07) is 15.3. The van der Waals surface area contributed by atoms with Gasteiger partial charge >= 0.3 is 5.97 Å². The molecule has 6 heteroatoms. The maximum atomic E-state index is 11.6. The van der Waals surface area contributed by atoms with E-state index in [4.69, 9.17) is 14.7 Å². The van der Waals surface area contributed by atoms with E-state index in [1.807, 2.05) is 30.3 Å². The van der Waals surface area contributed by atoms with Gasteiger partial charge < -0.3 is 14.8 Å². The zero-order valence-electron chi connectivity index (χ0n) is 14.0. The first-order chi connectivity index (χ1) is 12.3. The quantitative estimate of drug-likeness (QED) is 0.529. The second-order valence-corrected chi connectivity index (χ2v) is 5.30. The Morgan fingerprint density at radius 2 is 2.00 bits per heavy atom. The van der Waals surface area contributed by atoms with E-state index in [-0.39, 0.29) is 12.6 Å². The molecule has 0 aliphatic rings. The Balaban J connectivity index is 1.52. The lowest BCUT2D eigenvalue weighted by Crippen LogP contribution is -2.15. The Morgan fingerprint density at radius 3 is 2.80 bits per heavy atom. The molecule has 6 nitrogen and oxygen atoms in total. The molecule has 0 unspecified atom stereocenters. The van der Waals surface area contributed by atoms with Gasteiger partial charge in [-0.15, -0.1) is 0 Å². The molecule has 1 aromatic heterocycles. The number of carbonyl (C=O) groups is 1. The number of aromatic nitrogens is 1. The number of hydrogen-bond acceptors (Lipinski definition) is 6. The fourth-order valence-electron chi connectivity index (χ4n) is 2.13. The second-order valence-electron chi connectivity index (χ2n) is 5.30. The molecule has 1 heterocycles. The van der Waals surface area contributed by atoms with E-state index >= 15 is 0 Å². The van der Waals surface area contributed by atoms with Crippen molar-refractivity contribution in [3.63, 3.8) is 0 Å². The summed E-state index contributed by atoms with van der Waals surface area (Å²) in [5, 5.41) is 11.9. The molecular formula is C19H21N3O3. The number of nitrogens with zero attached hydrogens (tertiary/aromatic N) is 2. The number of nitrogens with one attached hydrogen (secondary N) is 1. The van der Waals surface area contributed by atoms with Crippen LogP contribution in [0.2, 0.25) is 0 Å². The number of nitriles is 1. The van der Waals surface area contributed by atoms with E-state index in [9.17, 15) is 4.79 Å². The standard InChI is InChI=1S/C19H21N3O3/c20-14-17-8-4-10-21-19(17)22-11-13-25-18(23)9-5-12-24-15-16-6-2-1-3-7-16/h1-4,6-8,10H,5,9,11-13,15H2,(H,21,22). The first-order valence-electron chi connectivity index (χ1n) is 8.16. The van der Waals surface area contributed by atoms with Gasteiger partial charge in [0.25, 0.3) is 0 Å². The lowest BCUT2D eigenvalue weighted by molar-refractivity contribution is -0.143. The van der Waals surface area contributed by atoms with Gasteiger partial charge in [0.05, 0.1) is 18.7 Å². The fourth-order valence-corrected chi connectivity index (χ4v) is 2.13. The molecule has 0 saturated carbocycles. The largest absolute Gasteiger partial charge is 0.464 e. The van der Waals surface area contributed by atoms with Gasteiger partial charge in [-0.25, -0.2) is 4.98 Å². The minimum atomic E-state index is -0.258. The first-order valence-corrected chi connectivity index (χ1v) is 8.16. The Hall–Kier alpha value is -2.91. The van der Waals surface area contributed by atoms with Gasteiger partial charge in [0, 0.05) is 19.2 Å². The number of benzene rings is 1. The van der Waals surface area contributed by atoms with Crippen LogP contribution >= 0.6 is 0 Å². The average molecular weight is 339 g/mol. The number of hydrogen-bond donors (Lipinski definition) is 1. The monoisotopic (exact) mass is 339 g/mol. The van der Waals surface area contributed by atoms with Crippen LogP contribution < -0.4 is 5.32 Å². The highest BCUT2D eigenvalue weighted by atomic mass is 16.5. The van der Waals surface area contributed by atoms with Crippen LogP contribution in [0.1, 0.15) is 24.0 Å². The van der Waals surface area contributed by atoms with E-state index in [0.29, 0.717) is 44.0 Å². The molecule has 2 rings (SSSR count). The van der Waals surface area contributed by atoms with Gasteiger partial charge in [0.2, 0.25) is 0 Å². The topological polar surface area (TPSA) is 84.2 Å². The van der Waals surface area contributed by atoms with Crippen LogP contribution in [0.5, 0.6) is 0 Å². The van der Waals surface area contributed by atoms with Crippen LogP contribution in [-0.2, 0) is 20.9 Å². The molecule has 130 valence electrons. The number of ether oxygens (including phenoxy) is 2. The molecule has 0 fully saturated rings. The van der Waals surface area contributed by atoms with Crippen LogP contribution in [0, 0.1) is 11.3 Å². The zero-order chi connectivity index (χ0) is 17.7. The summed E-state index contributed by atoms with van der Waals surface area (Å²) < 4.78 is 10.7. The fraction of sp³-hybridized carbons (Fsp3) is 0.316. The van der Waals surface area contributed by atoms with Crippen LogP contribution in [0.25, 0.3) is 0 Å². The SMILES string of the molecule is N#Cc1cccnc1NCCOC(=O)CCCOCc1ccccc1. The molecular weight excluding hydrogens is 318 g/mol. The zero-order valence-corrected chi connectivity index (χ0v) is 14.0. The number of carbonyl (C=O) groups excluding carboxylic acids is 1. The van der Waals surface area contributed by atoms with Gasteiger partial charge in [-0.1, -0.05) is 30.3 Å². The Bertz CT molecular complexity index is 699. The van der Waals surface area contributed by atoms with Crippen LogP contribution in [-0.4, -0.2) is 30.7 Å². The highest BCUT2D eigenvalue weighted by Gasteiger charge is 2.04. The van der Waals surface area contributed by atoms with Crippen molar-refractivity contribution in [3.8, 4) is 6.07 Å².